The molecule has 0 aliphatic carbocycles. The average Bonchev–Trinajstić information content (AvgIpc) is 3.00. The van der Waals surface area contributed by atoms with Crippen molar-refractivity contribution in [2.24, 2.45) is 7.05 Å². The van der Waals surface area contributed by atoms with Gasteiger partial charge in [0.05, 0.1) is 30.2 Å². The van der Waals surface area contributed by atoms with Crippen molar-refractivity contribution in [3.63, 3.8) is 0 Å². The van der Waals surface area contributed by atoms with Gasteiger partial charge < -0.3 is 15.0 Å². The number of hydrogen-bond donors (Lipinski definition) is 1. The van der Waals surface area contributed by atoms with Gasteiger partial charge in [0.15, 0.2) is 0 Å². The Labute approximate surface area is 152 Å². The number of nitrogens with zero attached hydrogens (tertiary/aromatic N) is 5. The molecule has 1 saturated heterocycles. The zero-order valence-corrected chi connectivity index (χ0v) is 15.2. The van der Waals surface area contributed by atoms with Gasteiger partial charge in [-0.05, 0) is 19.8 Å². The van der Waals surface area contributed by atoms with Gasteiger partial charge in [-0.25, -0.2) is 9.97 Å². The van der Waals surface area contributed by atoms with E-state index in [0.717, 1.165) is 55.3 Å². The van der Waals surface area contributed by atoms with Crippen LogP contribution in [0.4, 0.5) is 5.95 Å². The van der Waals surface area contributed by atoms with Crippen molar-refractivity contribution < 1.29 is 9.53 Å². The third kappa shape index (κ3) is 3.41. The predicted octanol–water partition coefficient (Wildman–Crippen LogP) is 0.990. The molecular formula is C18H24N6O2. The van der Waals surface area contributed by atoms with Crippen molar-refractivity contribution >= 4 is 11.9 Å². The maximum Gasteiger partial charge on any atom is 0.255 e. The lowest BCUT2D eigenvalue weighted by molar-refractivity contribution is 0.0932. The Bertz CT molecular complexity index is 818. The fourth-order valence-corrected chi connectivity index (χ4v) is 3.63. The van der Waals surface area contributed by atoms with Crippen LogP contribution in [0, 0.1) is 6.92 Å². The van der Waals surface area contributed by atoms with E-state index in [0.29, 0.717) is 18.8 Å². The van der Waals surface area contributed by atoms with Crippen molar-refractivity contribution in [1.82, 2.24) is 25.1 Å². The summed E-state index contributed by atoms with van der Waals surface area (Å²) in [5, 5.41) is 7.39. The molecule has 0 radical (unpaired) electrons. The first kappa shape index (κ1) is 17.0. The van der Waals surface area contributed by atoms with Crippen molar-refractivity contribution in [1.29, 1.82) is 0 Å². The highest BCUT2D eigenvalue weighted by Gasteiger charge is 2.25. The molecule has 26 heavy (non-hydrogen) atoms. The first-order valence-electron chi connectivity index (χ1n) is 9.09. The summed E-state index contributed by atoms with van der Waals surface area (Å²) < 4.78 is 7.12. The number of aromatic nitrogens is 4. The molecule has 1 amide bonds. The minimum atomic E-state index is -0.0639. The average molecular weight is 356 g/mol. The number of aryl methyl sites for hydroxylation is 2. The van der Waals surface area contributed by atoms with Crippen LogP contribution in [0.25, 0.3) is 0 Å². The Balaban J connectivity index is 1.44. The van der Waals surface area contributed by atoms with Crippen LogP contribution in [-0.2, 0) is 24.8 Å². The SMILES string of the molecule is Cc1nn(C)cc1C(=O)N[C@H]1CCCN(c2ncc3c(n2)CCOC3)C1. The fraction of sp³-hybridized carbons (Fsp3) is 0.556. The zero-order chi connectivity index (χ0) is 18.1. The molecule has 2 aromatic rings. The van der Waals surface area contributed by atoms with Crippen molar-refractivity contribution in [2.75, 3.05) is 24.6 Å². The van der Waals surface area contributed by atoms with E-state index in [4.69, 9.17) is 9.72 Å². The molecule has 0 saturated carbocycles. The second kappa shape index (κ2) is 7.03. The molecule has 0 aromatic carbocycles. The summed E-state index contributed by atoms with van der Waals surface area (Å²) in [7, 11) is 1.82. The van der Waals surface area contributed by atoms with Gasteiger partial charge in [-0.15, -0.1) is 0 Å². The van der Waals surface area contributed by atoms with Crippen LogP contribution in [0.5, 0.6) is 0 Å². The highest BCUT2D eigenvalue weighted by atomic mass is 16.5. The number of amides is 1. The molecule has 2 aliphatic rings. The molecule has 0 unspecified atom stereocenters. The third-order valence-electron chi connectivity index (χ3n) is 4.98. The van der Waals surface area contributed by atoms with Gasteiger partial charge >= 0.3 is 0 Å². The van der Waals surface area contributed by atoms with E-state index < -0.39 is 0 Å². The molecule has 1 atom stereocenters. The minimum absolute atomic E-state index is 0.0639. The molecule has 0 bridgehead atoms. The maximum atomic E-state index is 12.6. The molecule has 4 rings (SSSR count). The largest absolute Gasteiger partial charge is 0.376 e. The van der Waals surface area contributed by atoms with E-state index in [9.17, 15) is 4.79 Å². The number of anilines is 1. The number of hydrogen-bond acceptors (Lipinski definition) is 6. The standard InChI is InChI=1S/C18H24N6O2/c1-12-15(10-23(2)22-12)17(25)20-14-4-3-6-24(9-14)18-19-8-13-11-26-7-5-16(13)21-18/h8,10,14H,3-7,9,11H2,1-2H3,(H,20,25)/t14-/m0/s1. The summed E-state index contributed by atoms with van der Waals surface area (Å²) in [6, 6.07) is 0.0822. The van der Waals surface area contributed by atoms with E-state index in [2.05, 4.69) is 20.3 Å². The molecule has 138 valence electrons. The Morgan fingerprint density at radius 3 is 3.12 bits per heavy atom. The summed E-state index contributed by atoms with van der Waals surface area (Å²) in [6.45, 7) is 4.80. The second-order valence-electron chi connectivity index (χ2n) is 7.01. The third-order valence-corrected chi connectivity index (χ3v) is 4.98. The Kier molecular flexibility index (Phi) is 4.58. The number of carbonyl (C=O) groups excluding carboxylic acids is 1. The molecule has 8 nitrogen and oxygen atoms in total. The summed E-state index contributed by atoms with van der Waals surface area (Å²) in [4.78, 5) is 24.0. The lowest BCUT2D eigenvalue weighted by Gasteiger charge is -2.33. The number of fused-ring (bicyclic) bond motifs is 1. The lowest BCUT2D eigenvalue weighted by Crippen LogP contribution is -2.48. The molecule has 4 heterocycles. The van der Waals surface area contributed by atoms with Gasteiger partial charge in [0, 0.05) is 50.6 Å². The predicted molar refractivity (Wildman–Crippen MR) is 96.0 cm³/mol. The highest BCUT2D eigenvalue weighted by Crippen LogP contribution is 2.20. The first-order chi connectivity index (χ1) is 12.6. The van der Waals surface area contributed by atoms with Crippen LogP contribution < -0.4 is 10.2 Å². The van der Waals surface area contributed by atoms with Crippen LogP contribution in [0.1, 0.15) is 40.2 Å². The Morgan fingerprint density at radius 1 is 1.42 bits per heavy atom. The number of carbonyl (C=O) groups is 1. The topological polar surface area (TPSA) is 85.2 Å². The zero-order valence-electron chi connectivity index (χ0n) is 15.2. The van der Waals surface area contributed by atoms with Crippen LogP contribution in [0.15, 0.2) is 12.4 Å². The normalized spacial score (nSPS) is 19.9. The molecule has 1 fully saturated rings. The first-order valence-corrected chi connectivity index (χ1v) is 9.09. The van der Waals surface area contributed by atoms with Gasteiger partial charge in [-0.3, -0.25) is 9.48 Å². The minimum Gasteiger partial charge on any atom is -0.376 e. The molecule has 8 heteroatoms. The monoisotopic (exact) mass is 356 g/mol. The van der Waals surface area contributed by atoms with Gasteiger partial charge in [0.25, 0.3) is 5.91 Å². The van der Waals surface area contributed by atoms with Crippen molar-refractivity contribution in [2.45, 2.75) is 38.8 Å². The summed E-state index contributed by atoms with van der Waals surface area (Å²) in [6.07, 6.45) is 6.43. The van der Waals surface area contributed by atoms with Gasteiger partial charge in [0.1, 0.15) is 0 Å². The van der Waals surface area contributed by atoms with E-state index in [1.807, 2.05) is 20.2 Å². The maximum absolute atomic E-state index is 12.6. The van der Waals surface area contributed by atoms with Gasteiger partial charge in [-0.1, -0.05) is 0 Å². The fourth-order valence-electron chi connectivity index (χ4n) is 3.63. The van der Waals surface area contributed by atoms with E-state index in [-0.39, 0.29) is 11.9 Å². The van der Waals surface area contributed by atoms with E-state index in [1.165, 1.54) is 0 Å². The quantitative estimate of drug-likeness (QED) is 0.883. The van der Waals surface area contributed by atoms with Gasteiger partial charge in [-0.2, -0.15) is 5.10 Å². The summed E-state index contributed by atoms with van der Waals surface area (Å²) >= 11 is 0. The van der Waals surface area contributed by atoms with Crippen LogP contribution in [0.3, 0.4) is 0 Å². The van der Waals surface area contributed by atoms with Crippen molar-refractivity contribution in [3.8, 4) is 0 Å². The highest BCUT2D eigenvalue weighted by molar-refractivity contribution is 5.95. The van der Waals surface area contributed by atoms with Crippen LogP contribution >= 0.6 is 0 Å². The number of nitrogens with one attached hydrogen (secondary N) is 1. The number of piperidine rings is 1. The lowest BCUT2D eigenvalue weighted by atomic mass is 10.1. The molecule has 2 aliphatic heterocycles. The van der Waals surface area contributed by atoms with E-state index in [1.54, 1.807) is 10.9 Å². The molecular weight excluding hydrogens is 332 g/mol. The van der Waals surface area contributed by atoms with Crippen LogP contribution in [0.2, 0.25) is 0 Å². The van der Waals surface area contributed by atoms with Crippen molar-refractivity contribution in [3.05, 3.63) is 34.9 Å². The molecule has 0 spiro atoms. The smallest absolute Gasteiger partial charge is 0.255 e. The Hall–Kier alpha value is -2.48. The summed E-state index contributed by atoms with van der Waals surface area (Å²) in [5.74, 6) is 0.688. The van der Waals surface area contributed by atoms with Crippen LogP contribution in [-0.4, -0.2) is 51.4 Å². The Morgan fingerprint density at radius 2 is 2.31 bits per heavy atom. The summed E-state index contributed by atoms with van der Waals surface area (Å²) in [5.41, 5.74) is 3.54. The second-order valence-corrected chi connectivity index (χ2v) is 7.01. The van der Waals surface area contributed by atoms with E-state index >= 15 is 0 Å². The molecule has 1 N–H and O–H groups in total. The molecule has 2 aromatic heterocycles. The number of rotatable bonds is 3. The van der Waals surface area contributed by atoms with Gasteiger partial charge in [0.2, 0.25) is 5.95 Å². The number of ether oxygens (including phenoxy) is 1.